The fraction of sp³-hybridized carbons (Fsp3) is 0.900. The molecule has 1 rings (SSSR count). The van der Waals surface area contributed by atoms with E-state index in [9.17, 15) is 0 Å². The van der Waals surface area contributed by atoms with E-state index in [0.717, 1.165) is 26.1 Å². The number of likely N-dealkylation sites (N-methyl/N-ethyl adjacent to an activating group) is 1. The van der Waals surface area contributed by atoms with Gasteiger partial charge in [-0.2, -0.15) is 0 Å². The summed E-state index contributed by atoms with van der Waals surface area (Å²) < 4.78 is 5.43. The third-order valence-electron chi connectivity index (χ3n) is 3.04. The Kier molecular flexibility index (Phi) is 4.84. The molecule has 0 amide bonds. The molecule has 0 saturated carbocycles. The average molecular weight is 215 g/mol. The second-order valence-electron chi connectivity index (χ2n) is 4.18. The molecule has 15 heavy (non-hydrogen) atoms. The summed E-state index contributed by atoms with van der Waals surface area (Å²) in [6.07, 6.45) is 2.87. The minimum absolute atomic E-state index is 0.271. The third-order valence-corrected chi connectivity index (χ3v) is 3.04. The van der Waals surface area contributed by atoms with Crippen LogP contribution >= 0.6 is 0 Å². The number of hydrogen-bond acceptors (Lipinski definition) is 4. The molecule has 88 valence electrons. The van der Waals surface area contributed by atoms with Crippen molar-refractivity contribution in [3.8, 4) is 0 Å². The van der Waals surface area contributed by atoms with Crippen LogP contribution in [0.3, 0.4) is 0 Å². The molecule has 1 fully saturated rings. The molecule has 0 aromatic heterocycles. The molecule has 5 nitrogen and oxygen atoms in total. The summed E-state index contributed by atoms with van der Waals surface area (Å²) in [6, 6.07) is 0.729. The van der Waals surface area contributed by atoms with Crippen molar-refractivity contribution in [3.63, 3.8) is 0 Å². The summed E-state index contributed by atoms with van der Waals surface area (Å²) in [7, 11) is 2.06. The third kappa shape index (κ3) is 3.68. The zero-order chi connectivity index (χ0) is 11.3. The number of nitrogens with two attached hydrogens (primary N) is 1. The number of rotatable bonds is 4. The highest BCUT2D eigenvalue weighted by Gasteiger charge is 2.22. The number of nitrogens with zero attached hydrogens (tertiary/aromatic N) is 2. The van der Waals surface area contributed by atoms with Crippen LogP contribution in [0.1, 0.15) is 26.2 Å². The van der Waals surface area contributed by atoms with Crippen molar-refractivity contribution in [2.45, 2.75) is 38.3 Å². The molecule has 0 aliphatic carbocycles. The normalized spacial score (nSPS) is 25.5. The maximum absolute atomic E-state index is 8.50. The summed E-state index contributed by atoms with van der Waals surface area (Å²) in [5.74, 6) is 0.283. The van der Waals surface area contributed by atoms with E-state index >= 15 is 0 Å². The van der Waals surface area contributed by atoms with Gasteiger partial charge in [0.05, 0.1) is 6.61 Å². The molecule has 0 bridgehead atoms. The summed E-state index contributed by atoms with van der Waals surface area (Å²) in [6.45, 7) is 3.74. The first kappa shape index (κ1) is 12.3. The fourth-order valence-electron chi connectivity index (χ4n) is 1.89. The monoisotopic (exact) mass is 215 g/mol. The Morgan fingerprint density at radius 1 is 1.73 bits per heavy atom. The Labute approximate surface area is 90.9 Å². The highest BCUT2D eigenvalue weighted by atomic mass is 16.5. The van der Waals surface area contributed by atoms with Gasteiger partial charge in [-0.3, -0.25) is 4.90 Å². The molecule has 1 aliphatic heterocycles. The van der Waals surface area contributed by atoms with Gasteiger partial charge in [0.15, 0.2) is 0 Å². The Balaban J connectivity index is 2.40. The van der Waals surface area contributed by atoms with Crippen LogP contribution in [0.2, 0.25) is 0 Å². The van der Waals surface area contributed by atoms with Gasteiger partial charge in [-0.05, 0) is 26.8 Å². The van der Waals surface area contributed by atoms with Gasteiger partial charge >= 0.3 is 0 Å². The van der Waals surface area contributed by atoms with E-state index in [-0.39, 0.29) is 11.9 Å². The van der Waals surface area contributed by atoms with E-state index in [1.807, 2.05) is 0 Å². The zero-order valence-corrected chi connectivity index (χ0v) is 9.52. The van der Waals surface area contributed by atoms with Crippen LogP contribution in [-0.2, 0) is 4.74 Å². The molecule has 3 N–H and O–H groups in total. The highest BCUT2D eigenvalue weighted by Crippen LogP contribution is 2.15. The van der Waals surface area contributed by atoms with Crippen LogP contribution in [0.5, 0.6) is 0 Å². The van der Waals surface area contributed by atoms with E-state index in [4.69, 9.17) is 15.7 Å². The van der Waals surface area contributed by atoms with Crippen LogP contribution in [-0.4, -0.2) is 48.3 Å². The minimum Gasteiger partial charge on any atom is -0.409 e. The van der Waals surface area contributed by atoms with Crippen molar-refractivity contribution < 1.29 is 9.94 Å². The lowest BCUT2D eigenvalue weighted by atomic mass is 10.1. The summed E-state index contributed by atoms with van der Waals surface area (Å²) in [4.78, 5) is 2.25. The van der Waals surface area contributed by atoms with Gasteiger partial charge in [0, 0.05) is 25.1 Å². The molecule has 1 heterocycles. The first-order valence-corrected chi connectivity index (χ1v) is 5.41. The van der Waals surface area contributed by atoms with Gasteiger partial charge in [-0.25, -0.2) is 0 Å². The SMILES string of the molecule is CC(CC(N)=NO)N(C)C1CCCOC1. The van der Waals surface area contributed by atoms with Gasteiger partial charge in [0.1, 0.15) is 5.84 Å². The van der Waals surface area contributed by atoms with E-state index in [1.165, 1.54) is 0 Å². The number of oxime groups is 1. The van der Waals surface area contributed by atoms with E-state index in [0.29, 0.717) is 12.5 Å². The summed E-state index contributed by atoms with van der Waals surface area (Å²) >= 11 is 0. The Hall–Kier alpha value is -0.810. The predicted molar refractivity (Wildman–Crippen MR) is 59.1 cm³/mol. The molecule has 2 unspecified atom stereocenters. The molecule has 0 aromatic rings. The molecule has 5 heteroatoms. The first-order chi connectivity index (χ1) is 7.15. The fourth-order valence-corrected chi connectivity index (χ4v) is 1.89. The first-order valence-electron chi connectivity index (χ1n) is 5.41. The van der Waals surface area contributed by atoms with Crippen molar-refractivity contribution >= 4 is 5.84 Å². The lowest BCUT2D eigenvalue weighted by molar-refractivity contribution is 0.0157. The molecule has 0 aromatic carbocycles. The topological polar surface area (TPSA) is 71.1 Å². The predicted octanol–water partition coefficient (Wildman–Crippen LogP) is 0.622. The second kappa shape index (κ2) is 5.92. The minimum atomic E-state index is 0.271. The Morgan fingerprint density at radius 3 is 3.00 bits per heavy atom. The lowest BCUT2D eigenvalue weighted by Crippen LogP contribution is -2.44. The van der Waals surface area contributed by atoms with Crippen LogP contribution < -0.4 is 5.73 Å². The Bertz CT molecular complexity index is 215. The van der Waals surface area contributed by atoms with Crippen LogP contribution in [0.4, 0.5) is 0 Å². The highest BCUT2D eigenvalue weighted by molar-refractivity contribution is 5.80. The number of amidine groups is 1. The van der Waals surface area contributed by atoms with E-state index in [2.05, 4.69) is 24.0 Å². The number of hydrogen-bond donors (Lipinski definition) is 2. The van der Waals surface area contributed by atoms with Crippen molar-refractivity contribution in [1.82, 2.24) is 4.90 Å². The molecule has 1 aliphatic rings. The molecule has 0 spiro atoms. The van der Waals surface area contributed by atoms with E-state index in [1.54, 1.807) is 0 Å². The van der Waals surface area contributed by atoms with Gasteiger partial charge in [-0.1, -0.05) is 5.16 Å². The van der Waals surface area contributed by atoms with Crippen LogP contribution in [0, 0.1) is 0 Å². The molecule has 2 atom stereocenters. The summed E-state index contributed by atoms with van der Waals surface area (Å²) in [5.41, 5.74) is 5.48. The number of ether oxygens (including phenoxy) is 1. The van der Waals surface area contributed by atoms with Crippen molar-refractivity contribution in [2.24, 2.45) is 10.9 Å². The van der Waals surface area contributed by atoms with Crippen molar-refractivity contribution in [2.75, 3.05) is 20.3 Å². The van der Waals surface area contributed by atoms with Crippen LogP contribution in [0.15, 0.2) is 5.16 Å². The molecule has 0 radical (unpaired) electrons. The quantitative estimate of drug-likeness (QED) is 0.312. The van der Waals surface area contributed by atoms with Crippen molar-refractivity contribution in [1.29, 1.82) is 0 Å². The molecular formula is C10H21N3O2. The largest absolute Gasteiger partial charge is 0.409 e. The lowest BCUT2D eigenvalue weighted by Gasteiger charge is -2.35. The smallest absolute Gasteiger partial charge is 0.140 e. The van der Waals surface area contributed by atoms with Gasteiger partial charge < -0.3 is 15.7 Å². The maximum atomic E-state index is 8.50. The zero-order valence-electron chi connectivity index (χ0n) is 9.52. The Morgan fingerprint density at radius 2 is 2.47 bits per heavy atom. The van der Waals surface area contributed by atoms with Crippen molar-refractivity contribution in [3.05, 3.63) is 0 Å². The molecule has 1 saturated heterocycles. The standard InChI is InChI=1S/C10H21N3O2/c1-8(6-10(11)12-14)13(2)9-4-3-5-15-7-9/h8-9,14H,3-7H2,1-2H3,(H2,11,12). The molecular weight excluding hydrogens is 194 g/mol. The van der Waals surface area contributed by atoms with Gasteiger partial charge in [0.2, 0.25) is 0 Å². The summed E-state index contributed by atoms with van der Waals surface area (Å²) in [5, 5.41) is 11.5. The second-order valence-corrected chi connectivity index (χ2v) is 4.18. The van der Waals surface area contributed by atoms with Crippen LogP contribution in [0.25, 0.3) is 0 Å². The van der Waals surface area contributed by atoms with Gasteiger partial charge in [0.25, 0.3) is 0 Å². The maximum Gasteiger partial charge on any atom is 0.140 e. The average Bonchev–Trinajstić information content (AvgIpc) is 2.29. The van der Waals surface area contributed by atoms with E-state index < -0.39 is 0 Å². The van der Waals surface area contributed by atoms with Gasteiger partial charge in [-0.15, -0.1) is 0 Å².